The second kappa shape index (κ2) is 8.05. The molecule has 1 N–H and O–H groups in total. The van der Waals surface area contributed by atoms with Crippen molar-refractivity contribution < 1.29 is 17.6 Å². The van der Waals surface area contributed by atoms with Gasteiger partial charge in [-0.3, -0.25) is 4.79 Å². The molecular weight excluding hydrogens is 412 g/mol. The number of benzene rings is 1. The maximum Gasteiger partial charge on any atom is 0.257 e. The van der Waals surface area contributed by atoms with E-state index >= 15 is 0 Å². The zero-order valence-electron chi connectivity index (χ0n) is 15.7. The molecule has 1 atom stereocenters. The molecule has 0 radical (unpaired) electrons. The van der Waals surface area contributed by atoms with E-state index in [1.165, 1.54) is 34.7 Å². The van der Waals surface area contributed by atoms with Gasteiger partial charge in [0.05, 0.1) is 15.7 Å². The van der Waals surface area contributed by atoms with Crippen LogP contribution in [0.15, 0.2) is 51.1 Å². The van der Waals surface area contributed by atoms with Crippen LogP contribution in [-0.2, 0) is 14.8 Å². The number of thiophene rings is 1. The molecule has 2 aromatic heterocycles. The first-order valence-electron chi connectivity index (χ1n) is 9.18. The number of amides is 1. The number of hydrogen-bond donors (Lipinski definition) is 1. The Labute approximate surface area is 172 Å². The van der Waals surface area contributed by atoms with Crippen molar-refractivity contribution in [2.45, 2.75) is 30.6 Å². The van der Waals surface area contributed by atoms with Gasteiger partial charge in [0.2, 0.25) is 21.8 Å². The molecular formula is C19H20N4O4S2. The highest BCUT2D eigenvalue weighted by Gasteiger charge is 2.33. The number of carbonyl (C=O) groups is 1. The molecule has 4 rings (SSSR count). The highest BCUT2D eigenvalue weighted by atomic mass is 32.2. The molecule has 10 heteroatoms. The summed E-state index contributed by atoms with van der Waals surface area (Å²) in [6, 6.07) is 10.00. The third-order valence-corrected chi connectivity index (χ3v) is 7.46. The third kappa shape index (κ3) is 4.24. The molecule has 1 aliphatic rings. The number of piperidine rings is 1. The summed E-state index contributed by atoms with van der Waals surface area (Å²) in [5, 5.41) is 12.8. The zero-order valence-corrected chi connectivity index (χ0v) is 17.4. The summed E-state index contributed by atoms with van der Waals surface area (Å²) in [6.07, 6.45) is 1.50. The van der Waals surface area contributed by atoms with Gasteiger partial charge in [-0.2, -0.15) is 4.31 Å². The van der Waals surface area contributed by atoms with Crippen LogP contribution in [-0.4, -0.2) is 41.9 Å². The van der Waals surface area contributed by atoms with E-state index in [1.54, 1.807) is 12.1 Å². The number of anilines is 1. The van der Waals surface area contributed by atoms with Crippen LogP contribution in [0.5, 0.6) is 0 Å². The Morgan fingerprint density at radius 1 is 1.24 bits per heavy atom. The topological polar surface area (TPSA) is 105 Å². The van der Waals surface area contributed by atoms with Crippen molar-refractivity contribution >= 4 is 33.0 Å². The quantitative estimate of drug-likeness (QED) is 0.663. The average molecular weight is 433 g/mol. The molecule has 1 aromatic carbocycles. The van der Waals surface area contributed by atoms with Crippen molar-refractivity contribution in [1.29, 1.82) is 0 Å². The van der Waals surface area contributed by atoms with Crippen molar-refractivity contribution in [1.82, 2.24) is 14.5 Å². The smallest absolute Gasteiger partial charge is 0.257 e. The molecule has 0 saturated carbocycles. The first-order chi connectivity index (χ1) is 13.9. The van der Waals surface area contributed by atoms with Gasteiger partial charge in [0.25, 0.3) is 5.89 Å². The lowest BCUT2D eigenvalue weighted by Crippen LogP contribution is -2.39. The van der Waals surface area contributed by atoms with Gasteiger partial charge in [-0.25, -0.2) is 8.42 Å². The van der Waals surface area contributed by atoms with Crippen LogP contribution in [0.25, 0.3) is 10.8 Å². The summed E-state index contributed by atoms with van der Waals surface area (Å²) in [4.78, 5) is 12.2. The van der Waals surface area contributed by atoms with Gasteiger partial charge < -0.3 is 9.73 Å². The summed E-state index contributed by atoms with van der Waals surface area (Å²) in [5.74, 6) is 0.581. The van der Waals surface area contributed by atoms with E-state index in [2.05, 4.69) is 15.5 Å². The third-order valence-electron chi connectivity index (χ3n) is 4.72. The highest BCUT2D eigenvalue weighted by molar-refractivity contribution is 7.89. The van der Waals surface area contributed by atoms with Crippen LogP contribution in [0.4, 0.5) is 5.69 Å². The average Bonchev–Trinajstić information content (AvgIpc) is 3.40. The number of carbonyl (C=O) groups excluding carboxylic acids is 1. The molecule has 0 aliphatic carbocycles. The molecule has 29 heavy (non-hydrogen) atoms. The fourth-order valence-corrected chi connectivity index (χ4v) is 5.49. The van der Waals surface area contributed by atoms with E-state index in [4.69, 9.17) is 4.42 Å². The summed E-state index contributed by atoms with van der Waals surface area (Å²) in [7, 11) is -3.65. The Morgan fingerprint density at radius 2 is 2.03 bits per heavy atom. The van der Waals surface area contributed by atoms with Gasteiger partial charge in [0.1, 0.15) is 0 Å². The number of nitrogens with one attached hydrogen (secondary N) is 1. The molecule has 3 aromatic rings. The minimum absolute atomic E-state index is 0.140. The Kier molecular flexibility index (Phi) is 5.48. The number of nitrogens with zero attached hydrogens (tertiary/aromatic N) is 3. The van der Waals surface area contributed by atoms with E-state index < -0.39 is 10.0 Å². The van der Waals surface area contributed by atoms with Gasteiger partial charge in [-0.15, -0.1) is 21.5 Å². The summed E-state index contributed by atoms with van der Waals surface area (Å²) in [5.41, 5.74) is 0.555. The Balaban J connectivity index is 1.51. The second-order valence-electron chi connectivity index (χ2n) is 6.83. The predicted molar refractivity (Wildman–Crippen MR) is 109 cm³/mol. The first-order valence-corrected chi connectivity index (χ1v) is 11.5. The van der Waals surface area contributed by atoms with Gasteiger partial charge >= 0.3 is 0 Å². The van der Waals surface area contributed by atoms with Gasteiger partial charge in [-0.05, 0) is 48.6 Å². The van der Waals surface area contributed by atoms with Crippen molar-refractivity contribution in [3.63, 3.8) is 0 Å². The van der Waals surface area contributed by atoms with Crippen LogP contribution >= 0.6 is 11.3 Å². The molecule has 1 saturated heterocycles. The largest absolute Gasteiger partial charge is 0.420 e. The van der Waals surface area contributed by atoms with E-state index in [9.17, 15) is 13.2 Å². The normalized spacial score (nSPS) is 17.9. The molecule has 1 fully saturated rings. The monoisotopic (exact) mass is 432 g/mol. The molecule has 1 aliphatic heterocycles. The summed E-state index contributed by atoms with van der Waals surface area (Å²) >= 11 is 1.51. The maximum atomic E-state index is 13.1. The van der Waals surface area contributed by atoms with Crippen molar-refractivity contribution in [3.05, 3.63) is 47.7 Å². The van der Waals surface area contributed by atoms with Crippen molar-refractivity contribution in [3.8, 4) is 10.8 Å². The number of aromatic nitrogens is 2. The number of sulfonamides is 1. The van der Waals surface area contributed by atoms with Crippen LogP contribution in [0.1, 0.15) is 31.6 Å². The SMILES string of the molecule is CC(=O)Nc1ccc(S(=O)(=O)N2CCC[C@@H](c3nnc(-c4cccs4)o3)C2)cc1. The van der Waals surface area contributed by atoms with Gasteiger partial charge in [0.15, 0.2) is 0 Å². The van der Waals surface area contributed by atoms with Gasteiger partial charge in [-0.1, -0.05) is 6.07 Å². The molecule has 3 heterocycles. The lowest BCUT2D eigenvalue weighted by atomic mass is 10.00. The Morgan fingerprint density at radius 3 is 2.72 bits per heavy atom. The highest BCUT2D eigenvalue weighted by Crippen LogP contribution is 2.32. The summed E-state index contributed by atoms with van der Waals surface area (Å²) < 4.78 is 33.4. The molecule has 0 unspecified atom stereocenters. The maximum absolute atomic E-state index is 13.1. The number of hydrogen-bond acceptors (Lipinski definition) is 7. The fourth-order valence-electron chi connectivity index (χ4n) is 3.32. The van der Waals surface area contributed by atoms with E-state index in [0.717, 1.165) is 11.3 Å². The lowest BCUT2D eigenvalue weighted by molar-refractivity contribution is -0.114. The zero-order chi connectivity index (χ0) is 20.4. The molecule has 152 valence electrons. The van der Waals surface area contributed by atoms with E-state index in [1.807, 2.05) is 17.5 Å². The lowest BCUT2D eigenvalue weighted by Gasteiger charge is -2.30. The van der Waals surface area contributed by atoms with Crippen LogP contribution < -0.4 is 5.32 Å². The minimum Gasteiger partial charge on any atom is -0.420 e. The molecule has 0 bridgehead atoms. The van der Waals surface area contributed by atoms with Crippen LogP contribution in [0.2, 0.25) is 0 Å². The van der Waals surface area contributed by atoms with Crippen LogP contribution in [0.3, 0.4) is 0 Å². The van der Waals surface area contributed by atoms with Crippen LogP contribution in [0, 0.1) is 0 Å². The van der Waals surface area contributed by atoms with Crippen molar-refractivity contribution in [2.24, 2.45) is 0 Å². The molecule has 0 spiro atoms. The molecule has 1 amide bonds. The fraction of sp³-hybridized carbons (Fsp3) is 0.316. The summed E-state index contributed by atoms with van der Waals surface area (Å²) in [6.45, 7) is 2.14. The standard InChI is InChI=1S/C19H20N4O4S2/c1-13(24)20-15-6-8-16(9-7-15)29(25,26)23-10-2-4-14(12-23)18-21-22-19(27-18)17-5-3-11-28-17/h3,5-9,11,14H,2,4,10,12H2,1H3,(H,20,24)/t14-/m1/s1. The molecule has 8 nitrogen and oxygen atoms in total. The number of rotatable bonds is 5. The van der Waals surface area contributed by atoms with Crippen molar-refractivity contribution in [2.75, 3.05) is 18.4 Å². The minimum atomic E-state index is -3.65. The Bertz CT molecular complexity index is 1090. The Hall–Kier alpha value is -2.56. The second-order valence-corrected chi connectivity index (χ2v) is 9.72. The van der Waals surface area contributed by atoms with E-state index in [0.29, 0.717) is 37.0 Å². The van der Waals surface area contributed by atoms with Gasteiger partial charge in [0, 0.05) is 25.7 Å². The first kappa shape index (κ1) is 19.7. The van der Waals surface area contributed by atoms with E-state index in [-0.39, 0.29) is 16.7 Å². The predicted octanol–water partition coefficient (Wildman–Crippen LogP) is 3.32.